The van der Waals surface area contributed by atoms with Crippen LogP contribution in [0.25, 0.3) is 0 Å². The lowest BCUT2D eigenvalue weighted by Crippen LogP contribution is -2.26. The van der Waals surface area contributed by atoms with Crippen LogP contribution in [0.15, 0.2) is 18.7 Å². The number of aryl methyl sites for hydroxylation is 1. The molecule has 21 heavy (non-hydrogen) atoms. The van der Waals surface area contributed by atoms with Gasteiger partial charge >= 0.3 is 0 Å². The maximum Gasteiger partial charge on any atom is 0.0800 e. The van der Waals surface area contributed by atoms with Crippen LogP contribution in [0, 0.1) is 13.8 Å². The third kappa shape index (κ3) is 3.23. The summed E-state index contributed by atoms with van der Waals surface area (Å²) in [5.41, 5.74) is 6.88. The predicted molar refractivity (Wildman–Crippen MR) is 91.0 cm³/mol. The highest BCUT2D eigenvalue weighted by Gasteiger charge is 2.29. The van der Waals surface area contributed by atoms with E-state index in [-0.39, 0.29) is 5.41 Å². The van der Waals surface area contributed by atoms with Crippen molar-refractivity contribution in [1.82, 2.24) is 0 Å². The molecule has 1 N–H and O–H groups in total. The van der Waals surface area contributed by atoms with Gasteiger partial charge in [-0.15, -0.1) is 6.58 Å². The average Bonchev–Trinajstić information content (AvgIpc) is 2.41. The second kappa shape index (κ2) is 5.61. The van der Waals surface area contributed by atoms with Crippen molar-refractivity contribution >= 4 is 0 Å². The first kappa shape index (κ1) is 16.3. The van der Waals surface area contributed by atoms with Gasteiger partial charge in [-0.3, -0.25) is 0 Å². The Kier molecular flexibility index (Phi) is 4.35. The number of aliphatic hydroxyl groups is 1. The van der Waals surface area contributed by atoms with Crippen LogP contribution in [0.1, 0.15) is 67.9 Å². The van der Waals surface area contributed by atoms with Gasteiger partial charge in [0.25, 0.3) is 0 Å². The Morgan fingerprint density at radius 2 is 2.00 bits per heavy atom. The minimum Gasteiger partial charge on any atom is -0.386 e. The Morgan fingerprint density at radius 1 is 1.33 bits per heavy atom. The van der Waals surface area contributed by atoms with Crippen LogP contribution >= 0.6 is 0 Å². The van der Waals surface area contributed by atoms with Crippen LogP contribution in [0.4, 0.5) is 0 Å². The molecule has 1 nitrogen and oxygen atoms in total. The molecule has 0 saturated heterocycles. The zero-order valence-corrected chi connectivity index (χ0v) is 14.3. The summed E-state index contributed by atoms with van der Waals surface area (Å²) in [5, 5.41) is 10.2. The van der Waals surface area contributed by atoms with Gasteiger partial charge in [-0.05, 0) is 86.1 Å². The second-order valence-electron chi connectivity index (χ2n) is 7.61. The van der Waals surface area contributed by atoms with Gasteiger partial charge in [0.2, 0.25) is 0 Å². The summed E-state index contributed by atoms with van der Waals surface area (Å²) in [5.74, 6) is 0. The molecule has 1 aromatic rings. The zero-order chi connectivity index (χ0) is 15.8. The van der Waals surface area contributed by atoms with Gasteiger partial charge in [-0.1, -0.05) is 26.0 Å². The molecule has 0 aromatic heterocycles. The molecule has 1 aliphatic carbocycles. The molecule has 2 rings (SSSR count). The average molecular weight is 286 g/mol. The molecule has 1 atom stereocenters. The highest BCUT2D eigenvalue weighted by Crippen LogP contribution is 2.40. The van der Waals surface area contributed by atoms with E-state index >= 15 is 0 Å². The number of hydrogen-bond donors (Lipinski definition) is 1. The monoisotopic (exact) mass is 286 g/mol. The molecule has 0 amide bonds. The summed E-state index contributed by atoms with van der Waals surface area (Å²) in [6, 6.07) is 2.41. The smallest absolute Gasteiger partial charge is 0.0800 e. The van der Waals surface area contributed by atoms with Crippen molar-refractivity contribution in [3.8, 4) is 0 Å². The fraction of sp³-hybridized carbons (Fsp3) is 0.600. The summed E-state index contributed by atoms with van der Waals surface area (Å²) in [7, 11) is 0. The van der Waals surface area contributed by atoms with E-state index in [1.54, 1.807) is 11.6 Å². The first-order valence-corrected chi connectivity index (χ1v) is 8.16. The number of benzene rings is 1. The van der Waals surface area contributed by atoms with E-state index in [2.05, 4.69) is 40.3 Å². The summed E-state index contributed by atoms with van der Waals surface area (Å²) < 4.78 is 0. The highest BCUT2D eigenvalue weighted by molar-refractivity contribution is 5.49. The summed E-state index contributed by atoms with van der Waals surface area (Å²) in [6.45, 7) is 14.8. The van der Waals surface area contributed by atoms with Gasteiger partial charge in [0, 0.05) is 0 Å². The van der Waals surface area contributed by atoms with Crippen LogP contribution < -0.4 is 0 Å². The SMILES string of the molecule is C=C[C@](C)(O)CCc1cc2c(c(C)c1C)CCCC2(C)C. The third-order valence-electron chi connectivity index (χ3n) is 5.44. The Balaban J connectivity index is 2.40. The van der Waals surface area contributed by atoms with Crippen LogP contribution in [-0.4, -0.2) is 10.7 Å². The molecule has 0 bridgehead atoms. The topological polar surface area (TPSA) is 20.2 Å². The Hall–Kier alpha value is -1.08. The van der Waals surface area contributed by atoms with Crippen LogP contribution in [0.2, 0.25) is 0 Å². The lowest BCUT2D eigenvalue weighted by atomic mass is 9.70. The molecular formula is C20H30O. The number of hydrogen-bond acceptors (Lipinski definition) is 1. The molecule has 1 aliphatic rings. The maximum absolute atomic E-state index is 10.2. The number of fused-ring (bicyclic) bond motifs is 1. The molecule has 0 fully saturated rings. The Morgan fingerprint density at radius 3 is 2.62 bits per heavy atom. The fourth-order valence-electron chi connectivity index (χ4n) is 3.56. The first-order chi connectivity index (χ1) is 9.68. The molecule has 0 aliphatic heterocycles. The Bertz CT molecular complexity index is 549. The number of rotatable bonds is 4. The van der Waals surface area contributed by atoms with E-state index < -0.39 is 5.60 Å². The largest absolute Gasteiger partial charge is 0.386 e. The van der Waals surface area contributed by atoms with Gasteiger partial charge in [0.1, 0.15) is 0 Å². The van der Waals surface area contributed by atoms with Crippen LogP contribution in [0.3, 0.4) is 0 Å². The second-order valence-corrected chi connectivity index (χ2v) is 7.61. The van der Waals surface area contributed by atoms with Crippen molar-refractivity contribution in [3.63, 3.8) is 0 Å². The van der Waals surface area contributed by atoms with Gasteiger partial charge in [-0.25, -0.2) is 0 Å². The summed E-state index contributed by atoms with van der Waals surface area (Å²) in [6.07, 6.45) is 7.08. The predicted octanol–water partition coefficient (Wildman–Crippen LogP) is 4.79. The van der Waals surface area contributed by atoms with Crippen molar-refractivity contribution in [2.24, 2.45) is 0 Å². The van der Waals surface area contributed by atoms with E-state index in [9.17, 15) is 5.11 Å². The quantitative estimate of drug-likeness (QED) is 0.789. The lowest BCUT2D eigenvalue weighted by Gasteiger charge is -2.35. The molecular weight excluding hydrogens is 256 g/mol. The van der Waals surface area contributed by atoms with E-state index in [0.717, 1.165) is 12.8 Å². The fourth-order valence-corrected chi connectivity index (χ4v) is 3.56. The molecule has 116 valence electrons. The highest BCUT2D eigenvalue weighted by atomic mass is 16.3. The van der Waals surface area contributed by atoms with Crippen molar-refractivity contribution in [2.75, 3.05) is 0 Å². The van der Waals surface area contributed by atoms with Crippen LogP contribution in [0.5, 0.6) is 0 Å². The van der Waals surface area contributed by atoms with E-state index in [0.29, 0.717) is 0 Å². The molecule has 0 unspecified atom stereocenters. The zero-order valence-electron chi connectivity index (χ0n) is 14.3. The van der Waals surface area contributed by atoms with Crippen LogP contribution in [-0.2, 0) is 18.3 Å². The maximum atomic E-state index is 10.2. The lowest BCUT2D eigenvalue weighted by molar-refractivity contribution is 0.102. The van der Waals surface area contributed by atoms with E-state index in [4.69, 9.17) is 0 Å². The Labute approximate surface area is 130 Å². The minimum absolute atomic E-state index is 0.280. The first-order valence-electron chi connectivity index (χ1n) is 8.16. The molecule has 0 radical (unpaired) electrons. The molecule has 1 heteroatoms. The van der Waals surface area contributed by atoms with Crippen molar-refractivity contribution in [2.45, 2.75) is 77.7 Å². The standard InChI is InChI=1S/C20H30O/c1-7-20(6,21)12-10-16-13-18-17(15(3)14(16)2)9-8-11-19(18,4)5/h7,13,21H,1,8-12H2,2-6H3/t20-/m0/s1. The summed E-state index contributed by atoms with van der Waals surface area (Å²) in [4.78, 5) is 0. The molecule has 0 spiro atoms. The summed E-state index contributed by atoms with van der Waals surface area (Å²) >= 11 is 0. The normalized spacial score (nSPS) is 19.7. The van der Waals surface area contributed by atoms with Crippen molar-refractivity contribution < 1.29 is 5.11 Å². The van der Waals surface area contributed by atoms with Gasteiger partial charge in [0.15, 0.2) is 0 Å². The molecule has 1 aromatic carbocycles. The van der Waals surface area contributed by atoms with Crippen molar-refractivity contribution in [3.05, 3.63) is 46.5 Å². The van der Waals surface area contributed by atoms with Gasteiger partial charge < -0.3 is 5.11 Å². The van der Waals surface area contributed by atoms with E-state index in [1.807, 2.05) is 6.92 Å². The third-order valence-corrected chi connectivity index (χ3v) is 5.44. The van der Waals surface area contributed by atoms with Gasteiger partial charge in [0.05, 0.1) is 5.60 Å². The van der Waals surface area contributed by atoms with Gasteiger partial charge in [-0.2, -0.15) is 0 Å². The van der Waals surface area contributed by atoms with Crippen molar-refractivity contribution in [1.29, 1.82) is 0 Å². The minimum atomic E-state index is -0.772. The van der Waals surface area contributed by atoms with E-state index in [1.165, 1.54) is 41.5 Å². The molecule has 0 heterocycles. The molecule has 0 saturated carbocycles.